The van der Waals surface area contributed by atoms with Crippen molar-refractivity contribution in [1.29, 1.82) is 0 Å². The van der Waals surface area contributed by atoms with Gasteiger partial charge in [0.2, 0.25) is 0 Å². The molecule has 0 amide bonds. The predicted octanol–water partition coefficient (Wildman–Crippen LogP) is 4.80. The van der Waals surface area contributed by atoms with Gasteiger partial charge in [0, 0.05) is 0 Å². The fourth-order valence-electron chi connectivity index (χ4n) is 2.84. The summed E-state index contributed by atoms with van der Waals surface area (Å²) >= 11 is 0. The Hall–Kier alpha value is -2.54. The quantitative estimate of drug-likeness (QED) is 0.493. The third-order valence-corrected chi connectivity index (χ3v) is 4.09. The summed E-state index contributed by atoms with van der Waals surface area (Å²) in [6, 6.07) is 5.11. The number of hydrogen-bond acceptors (Lipinski definition) is 3. The Morgan fingerprint density at radius 2 is 2.21 bits per heavy atom. The summed E-state index contributed by atoms with van der Waals surface area (Å²) in [6.45, 7) is 6.74. The molecule has 0 aliphatic carbocycles. The molecule has 0 fully saturated rings. The first-order chi connectivity index (χ1) is 11.7. The highest BCUT2D eigenvalue weighted by Gasteiger charge is 2.21. The monoisotopic (exact) mass is 325 g/mol. The minimum Gasteiger partial charge on any atom is -0.507 e. The van der Waals surface area contributed by atoms with E-state index in [-0.39, 0.29) is 17.4 Å². The Morgan fingerprint density at radius 1 is 1.33 bits per heavy atom. The zero-order valence-corrected chi connectivity index (χ0v) is 13.8. The van der Waals surface area contributed by atoms with Crippen molar-refractivity contribution in [2.75, 3.05) is 0 Å². The zero-order chi connectivity index (χ0) is 17.2. The Bertz CT molecular complexity index is 655. The highest BCUT2D eigenvalue weighted by Crippen LogP contribution is 2.25. The maximum Gasteiger partial charge on any atom is 0.342 e. The van der Waals surface area contributed by atoms with Gasteiger partial charge < -0.3 is 9.84 Å². The van der Waals surface area contributed by atoms with Gasteiger partial charge in [-0.25, -0.2) is 9.64 Å². The Morgan fingerprint density at radius 3 is 3.04 bits per heavy atom. The summed E-state index contributed by atoms with van der Waals surface area (Å²) in [6.07, 6.45) is 13.1. The SMILES string of the molecule is [C-]#[N+]/C=C\CCC1CCCC/C=C/Cc2cccc(O)c2C(=O)O1. The van der Waals surface area contributed by atoms with Gasteiger partial charge in [0.05, 0.1) is 6.57 Å². The summed E-state index contributed by atoms with van der Waals surface area (Å²) < 4.78 is 5.68. The van der Waals surface area contributed by atoms with E-state index in [1.807, 2.05) is 12.1 Å². The van der Waals surface area contributed by atoms with Crippen molar-refractivity contribution < 1.29 is 14.6 Å². The van der Waals surface area contributed by atoms with Crippen molar-refractivity contribution in [3.8, 4) is 5.75 Å². The van der Waals surface area contributed by atoms with Gasteiger partial charge in [-0.2, -0.15) is 0 Å². The van der Waals surface area contributed by atoms with Crippen LogP contribution >= 0.6 is 0 Å². The van der Waals surface area contributed by atoms with Crippen molar-refractivity contribution in [2.24, 2.45) is 0 Å². The van der Waals surface area contributed by atoms with Gasteiger partial charge >= 0.3 is 5.97 Å². The second-order valence-corrected chi connectivity index (χ2v) is 5.89. The molecule has 1 aromatic rings. The van der Waals surface area contributed by atoms with Crippen LogP contribution in [0.4, 0.5) is 0 Å². The molecule has 24 heavy (non-hydrogen) atoms. The van der Waals surface area contributed by atoms with Crippen LogP contribution in [0.25, 0.3) is 4.85 Å². The molecule has 0 saturated carbocycles. The Balaban J connectivity index is 2.18. The molecule has 1 heterocycles. The maximum absolute atomic E-state index is 12.6. The number of hydrogen-bond donors (Lipinski definition) is 1. The largest absolute Gasteiger partial charge is 0.507 e. The average molecular weight is 325 g/mol. The van der Waals surface area contributed by atoms with Crippen LogP contribution in [0.3, 0.4) is 0 Å². The van der Waals surface area contributed by atoms with Gasteiger partial charge in [-0.15, -0.1) is 0 Å². The van der Waals surface area contributed by atoms with Crippen LogP contribution in [0.1, 0.15) is 54.4 Å². The number of rotatable bonds is 3. The van der Waals surface area contributed by atoms with Gasteiger partial charge in [-0.3, -0.25) is 0 Å². The molecule has 1 unspecified atom stereocenters. The third kappa shape index (κ3) is 5.27. The van der Waals surface area contributed by atoms with E-state index in [0.717, 1.165) is 31.2 Å². The molecule has 1 aliphatic heterocycles. The normalized spacial score (nSPS) is 20.3. The summed E-state index contributed by atoms with van der Waals surface area (Å²) in [7, 11) is 0. The van der Waals surface area contributed by atoms with Crippen molar-refractivity contribution in [3.05, 3.63) is 65.2 Å². The first-order valence-corrected chi connectivity index (χ1v) is 8.40. The molecule has 4 heteroatoms. The summed E-state index contributed by atoms with van der Waals surface area (Å²) in [4.78, 5) is 15.7. The van der Waals surface area contributed by atoms with Gasteiger partial charge in [-0.1, -0.05) is 30.4 Å². The van der Waals surface area contributed by atoms with E-state index < -0.39 is 5.97 Å². The van der Waals surface area contributed by atoms with E-state index in [1.54, 1.807) is 12.1 Å². The lowest BCUT2D eigenvalue weighted by Crippen LogP contribution is -2.19. The minimum atomic E-state index is -0.462. The van der Waals surface area contributed by atoms with Gasteiger partial charge in [0.1, 0.15) is 23.6 Å². The molecule has 1 aromatic carbocycles. The number of carbonyl (C=O) groups excluding carboxylic acids is 1. The fraction of sp³-hybridized carbons (Fsp3) is 0.400. The number of fused-ring (bicyclic) bond motifs is 1. The van der Waals surface area contributed by atoms with Crippen molar-refractivity contribution >= 4 is 5.97 Å². The molecule has 126 valence electrons. The van der Waals surface area contributed by atoms with E-state index in [9.17, 15) is 9.90 Å². The molecule has 0 aromatic heterocycles. The van der Waals surface area contributed by atoms with E-state index in [2.05, 4.69) is 10.9 Å². The van der Waals surface area contributed by atoms with E-state index in [4.69, 9.17) is 11.3 Å². The van der Waals surface area contributed by atoms with Gasteiger partial charge in [0.15, 0.2) is 0 Å². The highest BCUT2D eigenvalue weighted by atomic mass is 16.5. The third-order valence-electron chi connectivity index (χ3n) is 4.09. The molecular formula is C20H23NO3. The number of phenolic OH excluding ortho intramolecular Hbond substituents is 1. The summed E-state index contributed by atoms with van der Waals surface area (Å²) in [5.74, 6) is -0.495. The molecule has 1 N–H and O–H groups in total. The molecule has 0 radical (unpaired) electrons. The van der Waals surface area contributed by atoms with Crippen molar-refractivity contribution in [3.63, 3.8) is 0 Å². The number of cyclic esters (lactones) is 1. The van der Waals surface area contributed by atoms with E-state index in [1.165, 1.54) is 12.3 Å². The molecule has 0 bridgehead atoms. The Kier molecular flexibility index (Phi) is 7.10. The number of carbonyl (C=O) groups is 1. The summed E-state index contributed by atoms with van der Waals surface area (Å²) in [5, 5.41) is 10.1. The molecule has 1 atom stereocenters. The molecule has 1 aliphatic rings. The maximum atomic E-state index is 12.6. The number of benzene rings is 1. The second kappa shape index (κ2) is 9.57. The van der Waals surface area contributed by atoms with Crippen LogP contribution in [0.2, 0.25) is 0 Å². The standard InChI is InChI=1S/C20H23NO3/c1-21-15-8-7-13-17-12-6-4-2-3-5-10-16-11-9-14-18(22)19(16)20(23)24-17/h3,5,8-9,11,14-15,17,22H,2,4,6-7,10,12-13H2/b5-3+,15-8-. The van der Waals surface area contributed by atoms with E-state index in [0.29, 0.717) is 19.3 Å². The first-order valence-electron chi connectivity index (χ1n) is 8.40. The number of ether oxygens (including phenoxy) is 1. The van der Waals surface area contributed by atoms with Crippen LogP contribution in [0, 0.1) is 6.57 Å². The fourth-order valence-corrected chi connectivity index (χ4v) is 2.84. The lowest BCUT2D eigenvalue weighted by atomic mass is 10.0. The van der Waals surface area contributed by atoms with Crippen LogP contribution in [0.5, 0.6) is 5.75 Å². The van der Waals surface area contributed by atoms with Crippen LogP contribution in [-0.4, -0.2) is 17.2 Å². The number of nitrogens with zero attached hydrogens (tertiary/aromatic N) is 1. The van der Waals surface area contributed by atoms with Gasteiger partial charge in [-0.05, 0) is 56.6 Å². The lowest BCUT2D eigenvalue weighted by Gasteiger charge is -2.19. The van der Waals surface area contributed by atoms with E-state index >= 15 is 0 Å². The minimum absolute atomic E-state index is 0.0328. The molecule has 2 rings (SSSR count). The molecule has 0 saturated heterocycles. The number of esters is 1. The van der Waals surface area contributed by atoms with Crippen LogP contribution in [-0.2, 0) is 11.2 Å². The van der Waals surface area contributed by atoms with Crippen LogP contribution < -0.4 is 0 Å². The van der Waals surface area contributed by atoms with Crippen molar-refractivity contribution in [1.82, 2.24) is 0 Å². The highest BCUT2D eigenvalue weighted by molar-refractivity contribution is 5.94. The number of phenols is 1. The molecule has 4 nitrogen and oxygen atoms in total. The molecular weight excluding hydrogens is 302 g/mol. The number of allylic oxidation sites excluding steroid dienone is 3. The molecule has 0 spiro atoms. The lowest BCUT2D eigenvalue weighted by molar-refractivity contribution is 0.0254. The topological polar surface area (TPSA) is 50.9 Å². The summed E-state index contributed by atoms with van der Waals surface area (Å²) in [5.41, 5.74) is 1.05. The van der Waals surface area contributed by atoms with Crippen LogP contribution in [0.15, 0.2) is 42.6 Å². The van der Waals surface area contributed by atoms with Gasteiger partial charge in [0.25, 0.3) is 0 Å². The number of aromatic hydroxyl groups is 1. The second-order valence-electron chi connectivity index (χ2n) is 5.89. The first kappa shape index (κ1) is 17.8. The predicted molar refractivity (Wildman–Crippen MR) is 93.6 cm³/mol. The smallest absolute Gasteiger partial charge is 0.342 e. The van der Waals surface area contributed by atoms with Crippen molar-refractivity contribution in [2.45, 2.75) is 51.0 Å². The zero-order valence-electron chi connectivity index (χ0n) is 13.8. The Labute approximate surface area is 143 Å². The average Bonchev–Trinajstić information content (AvgIpc) is 2.56.